The standard InChI is InChI=1S/C24H24ClN3O8S2/c1-34-17-7-10-19(22(13-17)35-2)27-38(32,33)18-8-5-16(6-9-18)26-24(29)23-14-28(37(3,30)31)20-12-15(25)4-11-21(20)36-23/h4-13,23,27H,14H2,1-3H3,(H,26,29)/t23-/m1/s1. The van der Waals surface area contributed by atoms with Crippen molar-refractivity contribution in [3.8, 4) is 17.2 Å². The van der Waals surface area contributed by atoms with E-state index in [9.17, 15) is 21.6 Å². The van der Waals surface area contributed by atoms with Crippen molar-refractivity contribution in [1.82, 2.24) is 0 Å². The molecule has 1 atom stereocenters. The van der Waals surface area contributed by atoms with Crippen molar-refractivity contribution in [1.29, 1.82) is 0 Å². The molecule has 11 nitrogen and oxygen atoms in total. The average molecular weight is 582 g/mol. The maximum Gasteiger partial charge on any atom is 0.267 e. The Morgan fingerprint density at radius 2 is 1.71 bits per heavy atom. The van der Waals surface area contributed by atoms with Crippen LogP contribution in [0.25, 0.3) is 0 Å². The molecule has 14 heteroatoms. The molecular formula is C24H24ClN3O8S2. The summed E-state index contributed by atoms with van der Waals surface area (Å²) in [6.07, 6.45) is -0.141. The number of benzene rings is 3. The fourth-order valence-corrected chi connectivity index (χ4v) is 5.84. The molecule has 1 aliphatic heterocycles. The van der Waals surface area contributed by atoms with E-state index < -0.39 is 32.1 Å². The van der Waals surface area contributed by atoms with Gasteiger partial charge in [-0.25, -0.2) is 16.8 Å². The van der Waals surface area contributed by atoms with E-state index in [4.69, 9.17) is 25.8 Å². The molecule has 38 heavy (non-hydrogen) atoms. The third kappa shape index (κ3) is 5.90. The number of anilines is 3. The number of rotatable bonds is 8. The third-order valence-electron chi connectivity index (χ3n) is 5.57. The molecule has 1 heterocycles. The molecule has 2 N–H and O–H groups in total. The summed E-state index contributed by atoms with van der Waals surface area (Å²) in [4.78, 5) is 12.9. The summed E-state index contributed by atoms with van der Waals surface area (Å²) >= 11 is 6.00. The molecule has 0 spiro atoms. The van der Waals surface area contributed by atoms with Gasteiger partial charge in [0.05, 0.1) is 43.3 Å². The van der Waals surface area contributed by atoms with Crippen molar-refractivity contribution in [2.45, 2.75) is 11.0 Å². The number of carbonyl (C=O) groups excluding carboxylic acids is 1. The Morgan fingerprint density at radius 1 is 1.00 bits per heavy atom. The molecule has 0 aromatic heterocycles. The Labute approximate surface area is 225 Å². The number of carbonyl (C=O) groups is 1. The third-order valence-corrected chi connectivity index (χ3v) is 8.33. The summed E-state index contributed by atoms with van der Waals surface area (Å²) in [5.41, 5.74) is 0.740. The lowest BCUT2D eigenvalue weighted by atomic mass is 10.2. The predicted octanol–water partition coefficient (Wildman–Crippen LogP) is 3.32. The van der Waals surface area contributed by atoms with Gasteiger partial charge >= 0.3 is 0 Å². The quantitative estimate of drug-likeness (QED) is 0.413. The number of fused-ring (bicyclic) bond motifs is 1. The first-order valence-corrected chi connectivity index (χ1v) is 14.7. The van der Waals surface area contributed by atoms with Gasteiger partial charge in [-0.15, -0.1) is 0 Å². The van der Waals surface area contributed by atoms with Crippen molar-refractivity contribution >= 4 is 54.6 Å². The normalized spacial score (nSPS) is 15.2. The number of sulfonamides is 2. The second-order valence-electron chi connectivity index (χ2n) is 8.20. The van der Waals surface area contributed by atoms with Crippen LogP contribution >= 0.6 is 11.6 Å². The van der Waals surface area contributed by atoms with Gasteiger partial charge in [-0.1, -0.05) is 11.6 Å². The highest BCUT2D eigenvalue weighted by Crippen LogP contribution is 2.37. The van der Waals surface area contributed by atoms with Gasteiger partial charge in [0, 0.05) is 16.8 Å². The Hall–Kier alpha value is -3.68. The Bertz CT molecular complexity index is 1580. The molecular weight excluding hydrogens is 558 g/mol. The van der Waals surface area contributed by atoms with Crippen LogP contribution in [0.3, 0.4) is 0 Å². The first-order chi connectivity index (χ1) is 17.9. The summed E-state index contributed by atoms with van der Waals surface area (Å²) in [6, 6.07) is 14.5. The second-order valence-corrected chi connectivity index (χ2v) is 12.2. The van der Waals surface area contributed by atoms with Crippen LogP contribution in [0, 0.1) is 0 Å². The average Bonchev–Trinajstić information content (AvgIpc) is 2.87. The number of amides is 1. The van der Waals surface area contributed by atoms with E-state index in [-0.39, 0.29) is 40.0 Å². The molecule has 1 aliphatic rings. The zero-order chi connectivity index (χ0) is 27.7. The molecule has 0 saturated heterocycles. The van der Waals surface area contributed by atoms with Crippen LogP contribution in [0.1, 0.15) is 0 Å². The summed E-state index contributed by atoms with van der Waals surface area (Å²) in [7, 11) is -4.82. The van der Waals surface area contributed by atoms with Gasteiger partial charge < -0.3 is 19.5 Å². The van der Waals surface area contributed by atoms with Gasteiger partial charge in [0.2, 0.25) is 10.0 Å². The number of nitrogens with zero attached hydrogens (tertiary/aromatic N) is 1. The van der Waals surface area contributed by atoms with Crippen LogP contribution in [0.4, 0.5) is 17.1 Å². The van der Waals surface area contributed by atoms with E-state index in [0.717, 1.165) is 10.6 Å². The Kier molecular flexibility index (Phi) is 7.63. The van der Waals surface area contributed by atoms with E-state index in [0.29, 0.717) is 10.8 Å². The van der Waals surface area contributed by atoms with Crippen molar-refractivity contribution in [2.75, 3.05) is 41.4 Å². The molecule has 0 fully saturated rings. The van der Waals surface area contributed by atoms with Crippen LogP contribution < -0.4 is 28.6 Å². The second kappa shape index (κ2) is 10.6. The summed E-state index contributed by atoms with van der Waals surface area (Å²) < 4.78 is 70.1. The predicted molar refractivity (Wildman–Crippen MR) is 143 cm³/mol. The molecule has 3 aromatic carbocycles. The smallest absolute Gasteiger partial charge is 0.267 e. The zero-order valence-electron chi connectivity index (χ0n) is 20.5. The van der Waals surface area contributed by atoms with E-state index in [1.807, 2.05) is 0 Å². The lowest BCUT2D eigenvalue weighted by molar-refractivity contribution is -0.122. The van der Waals surface area contributed by atoms with Crippen molar-refractivity contribution in [3.05, 3.63) is 65.7 Å². The number of hydrogen-bond acceptors (Lipinski definition) is 8. The van der Waals surface area contributed by atoms with Crippen LogP contribution in [0.2, 0.25) is 5.02 Å². The number of nitrogens with one attached hydrogen (secondary N) is 2. The zero-order valence-corrected chi connectivity index (χ0v) is 22.9. The van der Waals surface area contributed by atoms with Crippen molar-refractivity contribution in [3.63, 3.8) is 0 Å². The topological polar surface area (TPSA) is 140 Å². The number of methoxy groups -OCH3 is 2. The van der Waals surface area contributed by atoms with E-state index >= 15 is 0 Å². The number of ether oxygens (including phenoxy) is 3. The number of hydrogen-bond donors (Lipinski definition) is 2. The minimum atomic E-state index is -3.98. The fourth-order valence-electron chi connectivity index (χ4n) is 3.70. The maximum atomic E-state index is 12.9. The van der Waals surface area contributed by atoms with Crippen LogP contribution in [-0.2, 0) is 24.8 Å². The SMILES string of the molecule is COc1ccc(NS(=O)(=O)c2ccc(NC(=O)[C@H]3CN(S(C)(=O)=O)c4cc(Cl)ccc4O3)cc2)c(OC)c1. The molecule has 202 valence electrons. The highest BCUT2D eigenvalue weighted by molar-refractivity contribution is 7.92. The van der Waals surface area contributed by atoms with Gasteiger partial charge in [-0.2, -0.15) is 0 Å². The summed E-state index contributed by atoms with van der Waals surface area (Å²) in [5.74, 6) is 0.346. The van der Waals surface area contributed by atoms with E-state index in [1.54, 1.807) is 12.1 Å². The van der Waals surface area contributed by atoms with Gasteiger partial charge in [-0.05, 0) is 54.6 Å². The summed E-state index contributed by atoms with van der Waals surface area (Å²) in [6.45, 7) is -0.266. The fraction of sp³-hybridized carbons (Fsp3) is 0.208. The molecule has 1 amide bonds. The van der Waals surface area contributed by atoms with Gasteiger partial charge in [-0.3, -0.25) is 13.8 Å². The van der Waals surface area contributed by atoms with E-state index in [1.165, 1.54) is 62.8 Å². The Morgan fingerprint density at radius 3 is 2.34 bits per heavy atom. The lowest BCUT2D eigenvalue weighted by Gasteiger charge is -2.34. The first kappa shape index (κ1) is 27.4. The minimum Gasteiger partial charge on any atom is -0.497 e. The lowest BCUT2D eigenvalue weighted by Crippen LogP contribution is -2.48. The largest absolute Gasteiger partial charge is 0.497 e. The molecule has 3 aromatic rings. The van der Waals surface area contributed by atoms with Gasteiger partial charge in [0.1, 0.15) is 17.2 Å². The maximum absolute atomic E-state index is 12.9. The molecule has 0 radical (unpaired) electrons. The monoisotopic (exact) mass is 581 g/mol. The van der Waals surface area contributed by atoms with Gasteiger partial charge in [0.25, 0.3) is 15.9 Å². The Balaban J connectivity index is 1.49. The van der Waals surface area contributed by atoms with Crippen LogP contribution in [-0.4, -0.2) is 55.9 Å². The molecule has 4 rings (SSSR count). The highest BCUT2D eigenvalue weighted by atomic mass is 35.5. The highest BCUT2D eigenvalue weighted by Gasteiger charge is 2.35. The van der Waals surface area contributed by atoms with Gasteiger partial charge in [0.15, 0.2) is 6.10 Å². The molecule has 0 unspecified atom stereocenters. The minimum absolute atomic E-state index is 0.0589. The van der Waals surface area contributed by atoms with Crippen molar-refractivity contribution < 1.29 is 35.8 Å². The molecule has 0 aliphatic carbocycles. The van der Waals surface area contributed by atoms with Crippen molar-refractivity contribution in [2.24, 2.45) is 0 Å². The number of halogens is 1. The summed E-state index contributed by atoms with van der Waals surface area (Å²) in [5, 5.41) is 2.94. The molecule has 0 saturated carbocycles. The first-order valence-electron chi connectivity index (χ1n) is 11.0. The van der Waals surface area contributed by atoms with E-state index in [2.05, 4.69) is 10.0 Å². The molecule has 0 bridgehead atoms. The van der Waals surface area contributed by atoms with Crippen LogP contribution in [0.15, 0.2) is 65.6 Å². The van der Waals surface area contributed by atoms with Crippen LogP contribution in [0.5, 0.6) is 17.2 Å².